The molecule has 0 N–H and O–H groups in total. The van der Waals surface area contributed by atoms with Gasteiger partial charge in [0.2, 0.25) is 0 Å². The SMILES string of the molecule is CC1(C)c2ccccc2-c2ccc(N(c3ccc(-c4ccc5c(c4)c4ccccc4n5-c4ccccc4)cc3)c3cc4oc5cc(-c6ccccc6)cc6c7ccccc7c(c3)c4c56)cc21. The average molecular weight is 843 g/mol. The van der Waals surface area contributed by atoms with Gasteiger partial charge in [-0.25, -0.2) is 0 Å². The van der Waals surface area contributed by atoms with Gasteiger partial charge in [-0.15, -0.1) is 0 Å². The van der Waals surface area contributed by atoms with Gasteiger partial charge < -0.3 is 13.9 Å². The fourth-order valence-corrected chi connectivity index (χ4v) is 11.4. The Morgan fingerprint density at radius 3 is 1.73 bits per heavy atom. The molecule has 2 aromatic heterocycles. The monoisotopic (exact) mass is 842 g/mol. The van der Waals surface area contributed by atoms with E-state index in [9.17, 15) is 0 Å². The third-order valence-corrected chi connectivity index (χ3v) is 14.5. The number of hydrogen-bond donors (Lipinski definition) is 0. The first-order valence-corrected chi connectivity index (χ1v) is 22.9. The van der Waals surface area contributed by atoms with Crippen LogP contribution in [0.1, 0.15) is 25.0 Å². The maximum Gasteiger partial charge on any atom is 0.138 e. The van der Waals surface area contributed by atoms with Crippen molar-refractivity contribution in [2.75, 3.05) is 4.90 Å². The van der Waals surface area contributed by atoms with E-state index in [0.717, 1.165) is 39.5 Å². The summed E-state index contributed by atoms with van der Waals surface area (Å²) in [5.74, 6) is 0. The molecule has 13 aromatic rings. The third kappa shape index (κ3) is 5.31. The van der Waals surface area contributed by atoms with Crippen LogP contribution in [0, 0.1) is 0 Å². The summed E-state index contributed by atoms with van der Waals surface area (Å²) in [5.41, 5.74) is 18.4. The van der Waals surface area contributed by atoms with E-state index in [1.807, 2.05) is 0 Å². The molecule has 0 spiro atoms. The molecule has 1 aliphatic rings. The second kappa shape index (κ2) is 13.8. The Balaban J connectivity index is 0.961. The molecule has 3 nitrogen and oxygen atoms in total. The molecular weight excluding hydrogens is 801 g/mol. The van der Waals surface area contributed by atoms with Gasteiger partial charge in [0, 0.05) is 50.1 Å². The molecule has 14 rings (SSSR count). The van der Waals surface area contributed by atoms with E-state index in [2.05, 4.69) is 242 Å². The maximum absolute atomic E-state index is 7.00. The molecule has 66 heavy (non-hydrogen) atoms. The van der Waals surface area contributed by atoms with Crippen molar-refractivity contribution in [3.05, 3.63) is 230 Å². The molecule has 0 saturated heterocycles. The average Bonchev–Trinajstić information content (AvgIpc) is 3.99. The summed E-state index contributed by atoms with van der Waals surface area (Å²) in [6.45, 7) is 4.72. The van der Waals surface area contributed by atoms with Gasteiger partial charge in [0.25, 0.3) is 0 Å². The van der Waals surface area contributed by atoms with Crippen LogP contribution in [-0.4, -0.2) is 4.57 Å². The summed E-state index contributed by atoms with van der Waals surface area (Å²) >= 11 is 0. The molecule has 0 atom stereocenters. The van der Waals surface area contributed by atoms with Crippen molar-refractivity contribution in [3.8, 4) is 39.1 Å². The zero-order valence-corrected chi connectivity index (χ0v) is 36.6. The van der Waals surface area contributed by atoms with E-state index < -0.39 is 0 Å². The first-order chi connectivity index (χ1) is 32.5. The molecule has 310 valence electrons. The fraction of sp³-hybridized carbons (Fsp3) is 0.0476. The van der Waals surface area contributed by atoms with E-state index in [1.54, 1.807) is 0 Å². The lowest BCUT2D eigenvalue weighted by Gasteiger charge is -2.28. The quantitative estimate of drug-likeness (QED) is 0.156. The Labute approximate surface area is 382 Å². The Kier molecular flexibility index (Phi) is 7.74. The highest BCUT2D eigenvalue weighted by molar-refractivity contribution is 6.34. The number of fused-ring (bicyclic) bond motifs is 9. The van der Waals surface area contributed by atoms with Crippen LogP contribution in [0.25, 0.3) is 104 Å². The van der Waals surface area contributed by atoms with E-state index in [1.165, 1.54) is 93.1 Å². The number of nitrogens with zero attached hydrogens (tertiary/aromatic N) is 2. The van der Waals surface area contributed by atoms with Gasteiger partial charge in [0.05, 0.1) is 16.7 Å². The number of anilines is 3. The van der Waals surface area contributed by atoms with Crippen molar-refractivity contribution < 1.29 is 4.42 Å². The number of para-hydroxylation sites is 2. The van der Waals surface area contributed by atoms with Crippen LogP contribution < -0.4 is 4.90 Å². The van der Waals surface area contributed by atoms with Crippen molar-refractivity contribution in [1.29, 1.82) is 0 Å². The third-order valence-electron chi connectivity index (χ3n) is 14.5. The molecule has 0 unspecified atom stereocenters. The van der Waals surface area contributed by atoms with Crippen LogP contribution in [0.2, 0.25) is 0 Å². The standard InChI is InChI=1S/C63H42N2O/c1-63(2)55-23-13-11-21-49(55)50-31-30-45(37-56(50)63)64(44-28-25-40(26-29-44)41-27-32-58-52(33-41)51-22-12-14-24-57(51)65(58)43-17-7-4-8-18-43)46-36-54-48-20-10-9-19-47(48)53-34-42(39-15-5-3-6-16-39)35-59-61(53)62(54)60(38-46)66-59/h3-38H,1-2H3. The van der Waals surface area contributed by atoms with Crippen molar-refractivity contribution >= 4 is 82.4 Å². The van der Waals surface area contributed by atoms with E-state index in [0.29, 0.717) is 0 Å². The van der Waals surface area contributed by atoms with Crippen LogP contribution in [0.4, 0.5) is 17.1 Å². The van der Waals surface area contributed by atoms with Gasteiger partial charge in [-0.05, 0) is 139 Å². The van der Waals surface area contributed by atoms with Gasteiger partial charge in [-0.1, -0.05) is 153 Å². The first-order valence-electron chi connectivity index (χ1n) is 22.9. The molecule has 0 saturated carbocycles. The van der Waals surface area contributed by atoms with E-state index >= 15 is 0 Å². The van der Waals surface area contributed by atoms with Crippen LogP contribution in [-0.2, 0) is 5.41 Å². The molecular formula is C63H42N2O. The van der Waals surface area contributed by atoms with E-state index in [4.69, 9.17) is 4.42 Å². The highest BCUT2D eigenvalue weighted by Crippen LogP contribution is 2.52. The minimum Gasteiger partial charge on any atom is -0.456 e. The number of aromatic nitrogens is 1. The minimum absolute atomic E-state index is 0.153. The highest BCUT2D eigenvalue weighted by atomic mass is 16.3. The van der Waals surface area contributed by atoms with Gasteiger partial charge in [-0.2, -0.15) is 0 Å². The maximum atomic E-state index is 7.00. The summed E-state index contributed by atoms with van der Waals surface area (Å²) in [7, 11) is 0. The molecule has 3 heteroatoms. The molecule has 11 aromatic carbocycles. The Morgan fingerprint density at radius 1 is 0.364 bits per heavy atom. The Bertz CT molecular complexity index is 4060. The Morgan fingerprint density at radius 2 is 0.939 bits per heavy atom. The molecule has 0 fully saturated rings. The number of rotatable bonds is 6. The molecule has 1 aliphatic carbocycles. The fourth-order valence-electron chi connectivity index (χ4n) is 11.4. The summed E-state index contributed by atoms with van der Waals surface area (Å²) in [4.78, 5) is 2.43. The summed E-state index contributed by atoms with van der Waals surface area (Å²) < 4.78 is 9.38. The minimum atomic E-state index is -0.153. The molecule has 0 bridgehead atoms. The second-order valence-corrected chi connectivity index (χ2v) is 18.5. The Hall–Kier alpha value is -8.40. The van der Waals surface area contributed by atoms with Crippen molar-refractivity contribution in [2.24, 2.45) is 0 Å². The summed E-state index contributed by atoms with van der Waals surface area (Å²) in [6, 6.07) is 80.1. The highest BCUT2D eigenvalue weighted by Gasteiger charge is 2.36. The van der Waals surface area contributed by atoms with Gasteiger partial charge in [0.1, 0.15) is 11.2 Å². The normalized spacial score (nSPS) is 13.1. The van der Waals surface area contributed by atoms with Gasteiger partial charge in [0.15, 0.2) is 0 Å². The molecule has 0 amide bonds. The van der Waals surface area contributed by atoms with Gasteiger partial charge >= 0.3 is 0 Å². The molecule has 2 heterocycles. The van der Waals surface area contributed by atoms with Crippen molar-refractivity contribution in [1.82, 2.24) is 4.57 Å². The van der Waals surface area contributed by atoms with Crippen LogP contribution in [0.3, 0.4) is 0 Å². The number of furan rings is 1. The first kappa shape index (κ1) is 37.0. The predicted molar refractivity (Wildman–Crippen MR) is 277 cm³/mol. The number of benzene rings is 11. The zero-order valence-electron chi connectivity index (χ0n) is 36.6. The largest absolute Gasteiger partial charge is 0.456 e. The number of hydrogen-bond acceptors (Lipinski definition) is 2. The van der Waals surface area contributed by atoms with Crippen LogP contribution in [0.15, 0.2) is 223 Å². The van der Waals surface area contributed by atoms with Gasteiger partial charge in [-0.3, -0.25) is 0 Å². The van der Waals surface area contributed by atoms with Crippen LogP contribution >= 0.6 is 0 Å². The molecule has 0 aliphatic heterocycles. The lowest BCUT2D eigenvalue weighted by molar-refractivity contribution is 0.660. The summed E-state index contributed by atoms with van der Waals surface area (Å²) in [6.07, 6.45) is 0. The summed E-state index contributed by atoms with van der Waals surface area (Å²) in [5, 5.41) is 9.70. The lowest BCUT2D eigenvalue weighted by atomic mass is 9.82. The van der Waals surface area contributed by atoms with E-state index in [-0.39, 0.29) is 5.41 Å². The van der Waals surface area contributed by atoms with Crippen LogP contribution in [0.5, 0.6) is 0 Å². The zero-order chi connectivity index (χ0) is 43.7. The topological polar surface area (TPSA) is 21.3 Å². The smallest absolute Gasteiger partial charge is 0.138 e. The molecule has 0 radical (unpaired) electrons. The van der Waals surface area contributed by atoms with Crippen molar-refractivity contribution in [2.45, 2.75) is 19.3 Å². The van der Waals surface area contributed by atoms with Crippen molar-refractivity contribution in [3.63, 3.8) is 0 Å². The predicted octanol–water partition coefficient (Wildman–Crippen LogP) is 17.5. The lowest BCUT2D eigenvalue weighted by Crippen LogP contribution is -2.16. The second-order valence-electron chi connectivity index (χ2n) is 18.5.